The smallest absolute Gasteiger partial charge is 0.306 e. The maximum atomic E-state index is 10.5. The number of rotatable bonds is 5. The van der Waals surface area contributed by atoms with Crippen LogP contribution in [0.25, 0.3) is 0 Å². The number of hydrogen-bond acceptors (Lipinski definition) is 5. The van der Waals surface area contributed by atoms with Crippen LogP contribution >= 0.6 is 0 Å². The summed E-state index contributed by atoms with van der Waals surface area (Å²) in [6.45, 7) is 0.140. The fraction of sp³-hybridized carbons (Fsp3) is 0.250. The second-order valence-corrected chi connectivity index (χ2v) is 3.97. The zero-order chi connectivity index (χ0) is 13.8. The summed E-state index contributed by atoms with van der Waals surface area (Å²) in [7, 11) is 1.54. The van der Waals surface area contributed by atoms with Gasteiger partial charge < -0.3 is 9.84 Å². The van der Waals surface area contributed by atoms with Crippen molar-refractivity contribution in [3.63, 3.8) is 0 Å². The molecule has 2 rings (SSSR count). The van der Waals surface area contributed by atoms with E-state index < -0.39 is 11.0 Å². The largest absolute Gasteiger partial charge is 0.497 e. The van der Waals surface area contributed by atoms with E-state index in [1.54, 1.807) is 31.4 Å². The molecule has 1 atom stereocenters. The molecule has 1 unspecified atom stereocenters. The molecule has 0 amide bonds. The van der Waals surface area contributed by atoms with Gasteiger partial charge in [0.25, 0.3) is 0 Å². The topological polar surface area (TPSA) is 90.4 Å². The number of benzene rings is 1. The van der Waals surface area contributed by atoms with Gasteiger partial charge >= 0.3 is 5.69 Å². The van der Waals surface area contributed by atoms with Crippen LogP contribution in [0.5, 0.6) is 5.75 Å². The maximum absolute atomic E-state index is 10.5. The number of hydrogen-bond donors (Lipinski definition) is 1. The van der Waals surface area contributed by atoms with E-state index in [-0.39, 0.29) is 12.2 Å². The van der Waals surface area contributed by atoms with Gasteiger partial charge in [0.2, 0.25) is 0 Å². The molecular weight excluding hydrogens is 250 g/mol. The van der Waals surface area contributed by atoms with E-state index in [9.17, 15) is 15.2 Å². The summed E-state index contributed by atoms with van der Waals surface area (Å²) in [5.41, 5.74) is 0.565. The Bertz CT molecular complexity index is 582. The number of nitro groups is 1. The molecule has 0 aliphatic heterocycles. The first-order valence-corrected chi connectivity index (χ1v) is 5.59. The van der Waals surface area contributed by atoms with Crippen LogP contribution in [0.15, 0.2) is 36.7 Å². The summed E-state index contributed by atoms with van der Waals surface area (Å²) in [6, 6.07) is 7.01. The Labute approximate surface area is 109 Å². The van der Waals surface area contributed by atoms with Crippen molar-refractivity contribution in [3.05, 3.63) is 52.3 Å². The van der Waals surface area contributed by atoms with E-state index in [4.69, 9.17) is 4.74 Å². The molecule has 0 saturated carbocycles. The van der Waals surface area contributed by atoms with Crippen molar-refractivity contribution in [1.82, 2.24) is 9.78 Å². The Morgan fingerprint density at radius 3 is 3.00 bits per heavy atom. The van der Waals surface area contributed by atoms with Crippen molar-refractivity contribution >= 4 is 5.69 Å². The summed E-state index contributed by atoms with van der Waals surface area (Å²) < 4.78 is 6.40. The molecule has 1 aromatic heterocycles. The molecule has 0 fully saturated rings. The molecule has 1 aromatic carbocycles. The lowest BCUT2D eigenvalue weighted by atomic mass is 10.1. The maximum Gasteiger partial charge on any atom is 0.306 e. The van der Waals surface area contributed by atoms with Gasteiger partial charge in [0, 0.05) is 0 Å². The molecule has 0 radical (unpaired) electrons. The van der Waals surface area contributed by atoms with Gasteiger partial charge in [-0.05, 0) is 17.7 Å². The van der Waals surface area contributed by atoms with Crippen LogP contribution in [0.2, 0.25) is 0 Å². The predicted octanol–water partition coefficient (Wildman–Crippen LogP) is 1.53. The highest BCUT2D eigenvalue weighted by atomic mass is 16.6. The minimum absolute atomic E-state index is 0.0992. The lowest BCUT2D eigenvalue weighted by Crippen LogP contribution is -2.09. The van der Waals surface area contributed by atoms with Crippen LogP contribution in [0.4, 0.5) is 5.69 Å². The third kappa shape index (κ3) is 3.08. The zero-order valence-electron chi connectivity index (χ0n) is 10.3. The molecule has 2 aromatic rings. The van der Waals surface area contributed by atoms with Crippen LogP contribution < -0.4 is 4.74 Å². The zero-order valence-corrected chi connectivity index (χ0v) is 10.3. The molecule has 7 heteroatoms. The van der Waals surface area contributed by atoms with Gasteiger partial charge in [-0.15, -0.1) is 0 Å². The van der Waals surface area contributed by atoms with Crippen molar-refractivity contribution in [3.8, 4) is 5.75 Å². The highest BCUT2D eigenvalue weighted by Gasteiger charge is 2.13. The van der Waals surface area contributed by atoms with Gasteiger partial charge in [-0.3, -0.25) is 14.8 Å². The van der Waals surface area contributed by atoms with Crippen LogP contribution in [0, 0.1) is 10.1 Å². The predicted molar refractivity (Wildman–Crippen MR) is 66.8 cm³/mol. The molecular formula is C12H13N3O4. The second-order valence-electron chi connectivity index (χ2n) is 3.97. The first-order chi connectivity index (χ1) is 9.10. The van der Waals surface area contributed by atoms with Crippen LogP contribution in [-0.4, -0.2) is 26.9 Å². The normalized spacial score (nSPS) is 12.1. The van der Waals surface area contributed by atoms with E-state index in [1.807, 2.05) is 0 Å². The minimum Gasteiger partial charge on any atom is -0.497 e. The molecule has 0 saturated heterocycles. The van der Waals surface area contributed by atoms with Gasteiger partial charge in [0.1, 0.15) is 18.1 Å². The number of aliphatic hydroxyl groups is 1. The van der Waals surface area contributed by atoms with E-state index >= 15 is 0 Å². The van der Waals surface area contributed by atoms with Gasteiger partial charge in [0.05, 0.1) is 24.7 Å². The summed E-state index contributed by atoms with van der Waals surface area (Å²) >= 11 is 0. The Morgan fingerprint density at radius 2 is 2.37 bits per heavy atom. The molecule has 0 spiro atoms. The molecule has 0 bridgehead atoms. The van der Waals surface area contributed by atoms with E-state index in [0.717, 1.165) is 6.20 Å². The van der Waals surface area contributed by atoms with Gasteiger partial charge in [0.15, 0.2) is 0 Å². The molecule has 0 aliphatic carbocycles. The van der Waals surface area contributed by atoms with Gasteiger partial charge in [-0.25, -0.2) is 0 Å². The molecule has 0 aliphatic rings. The van der Waals surface area contributed by atoms with Gasteiger partial charge in [-0.1, -0.05) is 12.1 Å². The molecule has 19 heavy (non-hydrogen) atoms. The quantitative estimate of drug-likeness (QED) is 0.652. The van der Waals surface area contributed by atoms with Gasteiger partial charge in [-0.2, -0.15) is 5.10 Å². The summed E-state index contributed by atoms with van der Waals surface area (Å²) in [5.74, 6) is 0.642. The fourth-order valence-electron chi connectivity index (χ4n) is 1.68. The first kappa shape index (κ1) is 13.0. The highest BCUT2D eigenvalue weighted by Crippen LogP contribution is 2.20. The molecule has 1 N–H and O–H groups in total. The Morgan fingerprint density at radius 1 is 1.58 bits per heavy atom. The average molecular weight is 263 g/mol. The Kier molecular flexibility index (Phi) is 3.76. The van der Waals surface area contributed by atoms with Crippen molar-refractivity contribution < 1.29 is 14.8 Å². The van der Waals surface area contributed by atoms with E-state index in [1.165, 1.54) is 10.9 Å². The van der Waals surface area contributed by atoms with Crippen LogP contribution in [0.3, 0.4) is 0 Å². The second kappa shape index (κ2) is 5.49. The number of methoxy groups -OCH3 is 1. The Balaban J connectivity index is 2.10. The van der Waals surface area contributed by atoms with E-state index in [0.29, 0.717) is 11.3 Å². The van der Waals surface area contributed by atoms with E-state index in [2.05, 4.69) is 5.10 Å². The standard InChI is InChI=1S/C12H13N3O4/c1-19-11-4-2-3-9(5-11)12(16)8-14-7-10(6-13-14)15(17)18/h2-7,12,16H,8H2,1H3. The third-order valence-corrected chi connectivity index (χ3v) is 2.67. The lowest BCUT2D eigenvalue weighted by Gasteiger charge is -2.11. The third-order valence-electron chi connectivity index (χ3n) is 2.67. The fourth-order valence-corrected chi connectivity index (χ4v) is 1.68. The summed E-state index contributed by atoms with van der Waals surface area (Å²) in [4.78, 5) is 10.0. The Hall–Kier alpha value is -2.41. The number of nitrogens with zero attached hydrogens (tertiary/aromatic N) is 3. The van der Waals surface area contributed by atoms with Crippen LogP contribution in [-0.2, 0) is 6.54 Å². The van der Waals surface area contributed by atoms with Crippen molar-refractivity contribution in [2.75, 3.05) is 7.11 Å². The summed E-state index contributed by atoms with van der Waals surface area (Å²) in [5, 5.41) is 24.4. The monoisotopic (exact) mass is 263 g/mol. The molecule has 1 heterocycles. The molecule has 100 valence electrons. The number of ether oxygens (including phenoxy) is 1. The first-order valence-electron chi connectivity index (χ1n) is 5.59. The van der Waals surface area contributed by atoms with Crippen molar-refractivity contribution in [2.24, 2.45) is 0 Å². The average Bonchev–Trinajstić information content (AvgIpc) is 2.87. The lowest BCUT2D eigenvalue weighted by molar-refractivity contribution is -0.385. The SMILES string of the molecule is COc1cccc(C(O)Cn2cc([N+](=O)[O-])cn2)c1. The highest BCUT2D eigenvalue weighted by molar-refractivity contribution is 5.30. The molecule has 7 nitrogen and oxygen atoms in total. The summed E-state index contributed by atoms with van der Waals surface area (Å²) in [6.07, 6.45) is 1.62. The minimum atomic E-state index is -0.811. The van der Waals surface area contributed by atoms with Crippen molar-refractivity contribution in [2.45, 2.75) is 12.6 Å². The number of aliphatic hydroxyl groups excluding tert-OH is 1. The van der Waals surface area contributed by atoms with Crippen molar-refractivity contribution in [1.29, 1.82) is 0 Å². The van der Waals surface area contributed by atoms with Crippen LogP contribution in [0.1, 0.15) is 11.7 Å². The number of aromatic nitrogens is 2.